The van der Waals surface area contributed by atoms with Gasteiger partial charge in [0, 0.05) is 30.5 Å². The summed E-state index contributed by atoms with van der Waals surface area (Å²) in [6, 6.07) is 6.88. The molecule has 2 aromatic rings. The van der Waals surface area contributed by atoms with Crippen molar-refractivity contribution in [2.24, 2.45) is 0 Å². The summed E-state index contributed by atoms with van der Waals surface area (Å²) in [5.74, 6) is 0.222. The van der Waals surface area contributed by atoms with E-state index in [1.165, 1.54) is 11.3 Å². The lowest BCUT2D eigenvalue weighted by Crippen LogP contribution is -2.27. The van der Waals surface area contributed by atoms with Crippen molar-refractivity contribution in [3.8, 4) is 11.3 Å². The van der Waals surface area contributed by atoms with Gasteiger partial charge in [-0.25, -0.2) is 13.4 Å². The van der Waals surface area contributed by atoms with Gasteiger partial charge in [0.1, 0.15) is 10.8 Å². The van der Waals surface area contributed by atoms with Crippen molar-refractivity contribution < 1.29 is 13.2 Å². The Labute approximate surface area is 159 Å². The van der Waals surface area contributed by atoms with E-state index in [4.69, 9.17) is 0 Å². The first-order valence-electron chi connectivity index (χ1n) is 9.07. The number of benzene rings is 1. The Morgan fingerprint density at radius 2 is 1.88 bits per heavy atom. The highest BCUT2D eigenvalue weighted by molar-refractivity contribution is 7.89. The van der Waals surface area contributed by atoms with Crippen LogP contribution in [0, 0.1) is 0 Å². The molecule has 0 radical (unpaired) electrons. The van der Waals surface area contributed by atoms with Gasteiger partial charge in [-0.15, -0.1) is 11.3 Å². The van der Waals surface area contributed by atoms with Crippen LogP contribution in [0.2, 0.25) is 0 Å². The first-order chi connectivity index (χ1) is 12.5. The third kappa shape index (κ3) is 4.39. The summed E-state index contributed by atoms with van der Waals surface area (Å²) in [6.07, 6.45) is 4.78. The van der Waals surface area contributed by atoms with Gasteiger partial charge in [0.25, 0.3) is 0 Å². The molecule has 0 N–H and O–H groups in total. The molecule has 7 heteroatoms. The maximum atomic E-state index is 12.6. The lowest BCUT2D eigenvalue weighted by molar-refractivity contribution is -0.118. The van der Waals surface area contributed by atoms with Crippen LogP contribution in [-0.4, -0.2) is 36.6 Å². The van der Waals surface area contributed by atoms with Crippen LogP contribution in [-0.2, 0) is 21.2 Å². The number of rotatable bonds is 8. The van der Waals surface area contributed by atoms with Crippen molar-refractivity contribution in [2.75, 3.05) is 13.1 Å². The highest BCUT2D eigenvalue weighted by atomic mass is 32.2. The van der Waals surface area contributed by atoms with Gasteiger partial charge in [-0.05, 0) is 31.4 Å². The van der Waals surface area contributed by atoms with Crippen LogP contribution < -0.4 is 0 Å². The molecule has 1 aromatic carbocycles. The van der Waals surface area contributed by atoms with Crippen molar-refractivity contribution in [1.82, 2.24) is 9.29 Å². The van der Waals surface area contributed by atoms with Crippen LogP contribution in [0.1, 0.15) is 44.0 Å². The van der Waals surface area contributed by atoms with Gasteiger partial charge in [-0.1, -0.05) is 25.5 Å². The minimum atomic E-state index is -3.39. The molecule has 0 spiro atoms. The molecule has 0 atom stereocenters. The highest BCUT2D eigenvalue weighted by Crippen LogP contribution is 2.26. The quantitative estimate of drug-likeness (QED) is 0.683. The summed E-state index contributed by atoms with van der Waals surface area (Å²) in [5, 5.41) is 2.74. The molecule has 0 saturated carbocycles. The van der Waals surface area contributed by atoms with Crippen LogP contribution in [0.3, 0.4) is 0 Å². The number of ketones is 1. The maximum absolute atomic E-state index is 12.6. The summed E-state index contributed by atoms with van der Waals surface area (Å²) >= 11 is 1.48. The zero-order chi connectivity index (χ0) is 18.6. The molecule has 1 saturated heterocycles. The molecule has 0 amide bonds. The first kappa shape index (κ1) is 19.2. The number of nitrogens with zero attached hydrogens (tertiary/aromatic N) is 2. The van der Waals surface area contributed by atoms with Crippen LogP contribution >= 0.6 is 11.3 Å². The van der Waals surface area contributed by atoms with E-state index >= 15 is 0 Å². The average molecular weight is 393 g/mol. The number of thiazole rings is 1. The topological polar surface area (TPSA) is 67.3 Å². The monoisotopic (exact) mass is 392 g/mol. The van der Waals surface area contributed by atoms with E-state index in [1.807, 2.05) is 5.38 Å². The number of hydrogen-bond acceptors (Lipinski definition) is 5. The third-order valence-electron chi connectivity index (χ3n) is 4.56. The second kappa shape index (κ2) is 8.41. The lowest BCUT2D eigenvalue weighted by atomic mass is 10.1. The van der Waals surface area contributed by atoms with E-state index in [-0.39, 0.29) is 5.78 Å². The zero-order valence-corrected chi connectivity index (χ0v) is 16.6. The Morgan fingerprint density at radius 3 is 2.54 bits per heavy atom. The summed E-state index contributed by atoms with van der Waals surface area (Å²) < 4.78 is 26.7. The fourth-order valence-electron chi connectivity index (χ4n) is 3.03. The molecule has 140 valence electrons. The van der Waals surface area contributed by atoms with Crippen LogP contribution in [0.25, 0.3) is 11.3 Å². The minimum Gasteiger partial charge on any atom is -0.299 e. The summed E-state index contributed by atoms with van der Waals surface area (Å²) in [6.45, 7) is 3.28. The Morgan fingerprint density at radius 1 is 1.19 bits per heavy atom. The summed E-state index contributed by atoms with van der Waals surface area (Å²) in [7, 11) is -3.39. The van der Waals surface area contributed by atoms with Crippen molar-refractivity contribution >= 4 is 27.1 Å². The fourth-order valence-corrected chi connectivity index (χ4v) is 5.38. The second-order valence-electron chi connectivity index (χ2n) is 6.58. The Kier molecular flexibility index (Phi) is 6.21. The average Bonchev–Trinajstić information content (AvgIpc) is 3.32. The molecule has 5 nitrogen and oxygen atoms in total. The molecular weight excluding hydrogens is 368 g/mol. The predicted molar refractivity (Wildman–Crippen MR) is 104 cm³/mol. The molecule has 0 aliphatic carbocycles. The fraction of sp³-hybridized carbons (Fsp3) is 0.474. The molecule has 26 heavy (non-hydrogen) atoms. The number of unbranched alkanes of at least 4 members (excludes halogenated alkanes) is 1. The summed E-state index contributed by atoms with van der Waals surface area (Å²) in [5.41, 5.74) is 1.66. The van der Waals surface area contributed by atoms with Crippen LogP contribution in [0.4, 0.5) is 0 Å². The largest absolute Gasteiger partial charge is 0.299 e. The molecule has 1 aromatic heterocycles. The van der Waals surface area contributed by atoms with Gasteiger partial charge in [-0.3, -0.25) is 4.79 Å². The van der Waals surface area contributed by atoms with Crippen molar-refractivity contribution in [2.45, 2.75) is 50.3 Å². The molecule has 0 unspecified atom stereocenters. The zero-order valence-electron chi connectivity index (χ0n) is 15.0. The van der Waals surface area contributed by atoms with Crippen molar-refractivity contribution in [3.63, 3.8) is 0 Å². The number of hydrogen-bond donors (Lipinski definition) is 0. The molecular formula is C19H24N2O3S2. The number of carbonyl (C=O) groups excluding carboxylic acids is 1. The predicted octanol–water partition coefficient (Wildman–Crippen LogP) is 3.90. The van der Waals surface area contributed by atoms with E-state index in [1.54, 1.807) is 28.6 Å². The highest BCUT2D eigenvalue weighted by Gasteiger charge is 2.27. The van der Waals surface area contributed by atoms with Gasteiger partial charge in [0.15, 0.2) is 0 Å². The molecule has 1 aliphatic rings. The van der Waals surface area contributed by atoms with E-state index in [9.17, 15) is 13.2 Å². The van der Waals surface area contributed by atoms with Crippen LogP contribution in [0.15, 0.2) is 34.5 Å². The maximum Gasteiger partial charge on any atom is 0.243 e. The van der Waals surface area contributed by atoms with Gasteiger partial charge < -0.3 is 0 Å². The second-order valence-corrected chi connectivity index (χ2v) is 9.46. The van der Waals surface area contributed by atoms with Gasteiger partial charge in [0.2, 0.25) is 10.0 Å². The Hall–Kier alpha value is -1.57. The first-order valence-corrected chi connectivity index (χ1v) is 11.4. The molecule has 2 heterocycles. The van der Waals surface area contributed by atoms with Crippen molar-refractivity contribution in [3.05, 3.63) is 34.7 Å². The molecule has 3 rings (SSSR count). The summed E-state index contributed by atoms with van der Waals surface area (Å²) in [4.78, 5) is 16.8. The van der Waals surface area contributed by atoms with E-state index in [2.05, 4.69) is 11.9 Å². The SMILES string of the molecule is CCCCC(=O)Cc1nc(-c2ccc(S(=O)(=O)N3CCCC3)cc2)cs1. The molecule has 1 fully saturated rings. The van der Waals surface area contributed by atoms with Crippen molar-refractivity contribution in [1.29, 1.82) is 0 Å². The Bertz CT molecular complexity index is 851. The van der Waals surface area contributed by atoms with E-state index < -0.39 is 10.0 Å². The standard InChI is InChI=1S/C19H24N2O3S2/c1-2-3-6-16(22)13-19-20-18(14-25-19)15-7-9-17(10-8-15)26(23,24)21-11-4-5-12-21/h7-10,14H,2-6,11-13H2,1H3. The van der Waals surface area contributed by atoms with Gasteiger partial charge >= 0.3 is 0 Å². The van der Waals surface area contributed by atoms with E-state index in [0.717, 1.165) is 41.9 Å². The van der Waals surface area contributed by atoms with E-state index in [0.29, 0.717) is 30.8 Å². The number of carbonyl (C=O) groups is 1. The molecule has 1 aliphatic heterocycles. The molecule has 0 bridgehead atoms. The lowest BCUT2D eigenvalue weighted by Gasteiger charge is -2.15. The Balaban J connectivity index is 1.70. The van der Waals surface area contributed by atoms with Crippen LogP contribution in [0.5, 0.6) is 0 Å². The minimum absolute atomic E-state index is 0.222. The number of Topliss-reactive ketones (excluding diaryl/α,β-unsaturated/α-hetero) is 1. The normalized spacial score (nSPS) is 15.4. The van der Waals surface area contributed by atoms with Gasteiger partial charge in [-0.2, -0.15) is 4.31 Å². The number of sulfonamides is 1. The number of aromatic nitrogens is 1. The third-order valence-corrected chi connectivity index (χ3v) is 7.32. The smallest absolute Gasteiger partial charge is 0.243 e. The van der Waals surface area contributed by atoms with Gasteiger partial charge in [0.05, 0.1) is 17.0 Å².